The molecule has 9 heteroatoms. The first kappa shape index (κ1) is 23.6. The van der Waals surface area contributed by atoms with Gasteiger partial charge in [-0.05, 0) is 56.4 Å². The molecule has 1 N–H and O–H groups in total. The quantitative estimate of drug-likeness (QED) is 0.479. The molecule has 3 heterocycles. The largest absolute Gasteiger partial charge is 0.474 e. The molecule has 1 aliphatic heterocycles. The van der Waals surface area contributed by atoms with E-state index in [1.807, 2.05) is 41.0 Å². The van der Waals surface area contributed by atoms with E-state index in [-0.39, 0.29) is 18.6 Å². The van der Waals surface area contributed by atoms with E-state index in [1.54, 1.807) is 11.1 Å². The number of amides is 1. The molecule has 1 aliphatic carbocycles. The van der Waals surface area contributed by atoms with Crippen LogP contribution in [0.3, 0.4) is 0 Å². The first-order chi connectivity index (χ1) is 17.1. The minimum absolute atomic E-state index is 0.0407. The fourth-order valence-electron chi connectivity index (χ4n) is 4.43. The molecule has 1 aromatic carbocycles. The second kappa shape index (κ2) is 10.3. The second-order valence-electron chi connectivity index (χ2n) is 9.02. The summed E-state index contributed by atoms with van der Waals surface area (Å²) in [5, 5.41) is 9.99. The van der Waals surface area contributed by atoms with Crippen molar-refractivity contribution in [2.45, 2.75) is 45.3 Å². The zero-order valence-corrected chi connectivity index (χ0v) is 20.6. The average Bonchev–Trinajstić information content (AvgIpc) is 3.22. The van der Waals surface area contributed by atoms with Crippen molar-refractivity contribution in [1.29, 1.82) is 0 Å². The summed E-state index contributed by atoms with van der Waals surface area (Å²) in [5.41, 5.74) is 2.38. The molecular formula is C26H30ClN5O3. The zero-order chi connectivity index (χ0) is 24.4. The summed E-state index contributed by atoms with van der Waals surface area (Å²) in [6.45, 7) is 4.20. The van der Waals surface area contributed by atoms with Crippen LogP contribution >= 0.6 is 11.6 Å². The lowest BCUT2D eigenvalue weighted by Crippen LogP contribution is -2.47. The van der Waals surface area contributed by atoms with Gasteiger partial charge in [-0.15, -0.1) is 0 Å². The van der Waals surface area contributed by atoms with Crippen LogP contribution in [0.25, 0.3) is 11.4 Å². The minimum Gasteiger partial charge on any atom is -0.474 e. The number of benzene rings is 1. The van der Waals surface area contributed by atoms with Gasteiger partial charge < -0.3 is 24.2 Å². The Labute approximate surface area is 210 Å². The van der Waals surface area contributed by atoms with Crippen LogP contribution in [0.5, 0.6) is 5.88 Å². The van der Waals surface area contributed by atoms with E-state index in [0.29, 0.717) is 61.0 Å². The zero-order valence-electron chi connectivity index (χ0n) is 19.9. The Morgan fingerprint density at radius 3 is 2.57 bits per heavy atom. The number of nitrogens with zero attached hydrogens (tertiary/aromatic N) is 5. The summed E-state index contributed by atoms with van der Waals surface area (Å²) in [6, 6.07) is 11.4. The monoisotopic (exact) mass is 495 g/mol. The molecule has 3 aromatic rings. The van der Waals surface area contributed by atoms with Crippen LogP contribution in [-0.2, 0) is 6.54 Å². The van der Waals surface area contributed by atoms with Crippen molar-refractivity contribution < 1.29 is 14.6 Å². The number of aromatic nitrogens is 3. The highest BCUT2D eigenvalue weighted by Gasteiger charge is 2.35. The van der Waals surface area contributed by atoms with Gasteiger partial charge in [-0.2, -0.15) is 0 Å². The summed E-state index contributed by atoms with van der Waals surface area (Å²) in [4.78, 5) is 27.0. The molecule has 1 saturated carbocycles. The molecule has 0 radical (unpaired) electrons. The molecule has 184 valence electrons. The SMILES string of the molecule is CCN1CN(CCCO)C(=O)c2c1nc(-c1ccc(OC3CCC3)nc1)n2Cc1ccc(Cl)cc1. The van der Waals surface area contributed by atoms with Crippen LogP contribution in [0.15, 0.2) is 42.6 Å². The molecule has 1 fully saturated rings. The number of carbonyl (C=O) groups excluding carboxylic acids is 1. The van der Waals surface area contributed by atoms with Crippen LogP contribution in [-0.4, -0.2) is 62.9 Å². The molecule has 0 atom stereocenters. The summed E-state index contributed by atoms with van der Waals surface area (Å²) in [7, 11) is 0. The first-order valence-corrected chi connectivity index (χ1v) is 12.6. The maximum Gasteiger partial charge on any atom is 0.275 e. The van der Waals surface area contributed by atoms with Crippen molar-refractivity contribution in [2.24, 2.45) is 0 Å². The molecule has 5 rings (SSSR count). The summed E-state index contributed by atoms with van der Waals surface area (Å²) >= 11 is 6.10. The Morgan fingerprint density at radius 1 is 1.14 bits per heavy atom. The maximum absolute atomic E-state index is 13.6. The van der Waals surface area contributed by atoms with E-state index in [2.05, 4.69) is 16.8 Å². The Hall–Kier alpha value is -3.10. The van der Waals surface area contributed by atoms with E-state index in [9.17, 15) is 9.90 Å². The Morgan fingerprint density at radius 2 is 1.94 bits per heavy atom. The van der Waals surface area contributed by atoms with Crippen molar-refractivity contribution >= 4 is 23.3 Å². The van der Waals surface area contributed by atoms with Gasteiger partial charge in [-0.25, -0.2) is 9.97 Å². The third-order valence-electron chi connectivity index (χ3n) is 6.64. The van der Waals surface area contributed by atoms with Crippen LogP contribution < -0.4 is 9.64 Å². The predicted molar refractivity (Wildman–Crippen MR) is 135 cm³/mol. The van der Waals surface area contributed by atoms with Crippen molar-refractivity contribution in [2.75, 3.05) is 31.3 Å². The number of hydrogen-bond acceptors (Lipinski definition) is 6. The summed E-state index contributed by atoms with van der Waals surface area (Å²) in [6.07, 6.45) is 5.90. The number of imidazole rings is 1. The summed E-state index contributed by atoms with van der Waals surface area (Å²) in [5.74, 6) is 1.89. The second-order valence-corrected chi connectivity index (χ2v) is 9.46. The third-order valence-corrected chi connectivity index (χ3v) is 6.89. The molecule has 0 unspecified atom stereocenters. The molecule has 2 aromatic heterocycles. The van der Waals surface area contributed by atoms with E-state index in [0.717, 1.165) is 24.0 Å². The van der Waals surface area contributed by atoms with E-state index < -0.39 is 0 Å². The first-order valence-electron chi connectivity index (χ1n) is 12.2. The fraction of sp³-hybridized carbons (Fsp3) is 0.423. The van der Waals surface area contributed by atoms with Gasteiger partial charge in [0.1, 0.15) is 11.9 Å². The molecule has 0 spiro atoms. The van der Waals surface area contributed by atoms with E-state index in [1.165, 1.54) is 6.42 Å². The molecule has 1 amide bonds. The molecule has 2 aliphatic rings. The highest BCUT2D eigenvalue weighted by atomic mass is 35.5. The van der Waals surface area contributed by atoms with Crippen molar-refractivity contribution in [1.82, 2.24) is 19.4 Å². The number of pyridine rings is 1. The lowest BCUT2D eigenvalue weighted by Gasteiger charge is -2.35. The number of fused-ring (bicyclic) bond motifs is 1. The maximum atomic E-state index is 13.6. The Balaban J connectivity index is 1.55. The van der Waals surface area contributed by atoms with Crippen LogP contribution in [0.4, 0.5) is 5.82 Å². The normalized spacial score (nSPS) is 15.8. The lowest BCUT2D eigenvalue weighted by molar-refractivity contribution is 0.0719. The molecule has 0 bridgehead atoms. The van der Waals surface area contributed by atoms with E-state index in [4.69, 9.17) is 21.3 Å². The standard InChI is InChI=1S/C26H30ClN5O3/c1-2-30-17-31(13-4-14-33)26(34)23-25(30)29-24(32(23)16-18-7-10-20(27)11-8-18)19-9-12-22(28-15-19)35-21-5-3-6-21/h7-12,15,21,33H,2-6,13-14,16-17H2,1H3. The number of anilines is 1. The van der Waals surface area contributed by atoms with Gasteiger partial charge >= 0.3 is 0 Å². The number of halogens is 1. The Bertz CT molecular complexity index is 1170. The number of rotatable bonds is 9. The van der Waals surface area contributed by atoms with Gasteiger partial charge in [-0.3, -0.25) is 4.79 Å². The highest BCUT2D eigenvalue weighted by molar-refractivity contribution is 6.30. The van der Waals surface area contributed by atoms with Crippen molar-refractivity contribution in [3.8, 4) is 17.3 Å². The highest BCUT2D eigenvalue weighted by Crippen LogP contribution is 2.34. The van der Waals surface area contributed by atoms with Crippen LogP contribution in [0.1, 0.15) is 48.7 Å². The molecule has 0 saturated heterocycles. The number of aliphatic hydroxyl groups is 1. The Kier molecular flexibility index (Phi) is 6.92. The van der Waals surface area contributed by atoms with Crippen molar-refractivity contribution in [3.63, 3.8) is 0 Å². The molecule has 8 nitrogen and oxygen atoms in total. The van der Waals surface area contributed by atoms with Gasteiger partial charge in [0.15, 0.2) is 11.5 Å². The van der Waals surface area contributed by atoms with Crippen LogP contribution in [0.2, 0.25) is 5.02 Å². The van der Waals surface area contributed by atoms with Gasteiger partial charge in [0.2, 0.25) is 5.88 Å². The summed E-state index contributed by atoms with van der Waals surface area (Å²) < 4.78 is 7.89. The van der Waals surface area contributed by atoms with Gasteiger partial charge in [0, 0.05) is 49.1 Å². The number of carbonyl (C=O) groups is 1. The van der Waals surface area contributed by atoms with Crippen LogP contribution in [0, 0.1) is 0 Å². The average molecular weight is 496 g/mol. The van der Waals surface area contributed by atoms with Gasteiger partial charge in [-0.1, -0.05) is 23.7 Å². The number of aliphatic hydroxyl groups excluding tert-OH is 1. The lowest BCUT2D eigenvalue weighted by atomic mass is 9.96. The topological polar surface area (TPSA) is 83.7 Å². The van der Waals surface area contributed by atoms with E-state index >= 15 is 0 Å². The number of ether oxygens (including phenoxy) is 1. The smallest absolute Gasteiger partial charge is 0.275 e. The van der Waals surface area contributed by atoms with Gasteiger partial charge in [0.25, 0.3) is 5.91 Å². The minimum atomic E-state index is -0.0799. The molecular weight excluding hydrogens is 466 g/mol. The number of hydrogen-bond donors (Lipinski definition) is 1. The van der Waals surface area contributed by atoms with Gasteiger partial charge in [0.05, 0.1) is 6.67 Å². The fourth-order valence-corrected chi connectivity index (χ4v) is 4.56. The third kappa shape index (κ3) is 4.86. The van der Waals surface area contributed by atoms with Crippen molar-refractivity contribution in [3.05, 3.63) is 58.9 Å². The molecule has 35 heavy (non-hydrogen) atoms. The predicted octanol–water partition coefficient (Wildman–Crippen LogP) is 4.20.